The summed E-state index contributed by atoms with van der Waals surface area (Å²) in [5.41, 5.74) is 0.662. The minimum atomic E-state index is -0.938. The van der Waals surface area contributed by atoms with Gasteiger partial charge in [-0.3, -0.25) is 9.59 Å². The lowest BCUT2D eigenvalue weighted by atomic mass is 10.1. The molecule has 0 spiro atoms. The molecule has 0 saturated carbocycles. The van der Waals surface area contributed by atoms with E-state index in [1.165, 1.54) is 11.3 Å². The van der Waals surface area contributed by atoms with Gasteiger partial charge in [-0.25, -0.2) is 4.98 Å². The average Bonchev–Trinajstić information content (AvgIpc) is 3.16. The Labute approximate surface area is 142 Å². The third-order valence-corrected chi connectivity index (χ3v) is 4.70. The van der Waals surface area contributed by atoms with E-state index in [0.717, 1.165) is 10.8 Å². The summed E-state index contributed by atoms with van der Waals surface area (Å²) in [5.74, 6) is 0.429. The van der Waals surface area contributed by atoms with Gasteiger partial charge in [0.25, 0.3) is 0 Å². The van der Waals surface area contributed by atoms with Gasteiger partial charge in [0.15, 0.2) is 10.8 Å². The number of hydrogen-bond donors (Lipinski definition) is 1. The zero-order chi connectivity index (χ0) is 17.1. The molecule has 0 aromatic carbocycles. The van der Waals surface area contributed by atoms with Crippen LogP contribution in [0.3, 0.4) is 0 Å². The predicted octanol–water partition coefficient (Wildman–Crippen LogP) is 1.96. The van der Waals surface area contributed by atoms with Crippen LogP contribution in [0.4, 0.5) is 0 Å². The summed E-state index contributed by atoms with van der Waals surface area (Å²) in [6.45, 7) is 2.95. The highest BCUT2D eigenvalue weighted by Crippen LogP contribution is 2.26. The summed E-state index contributed by atoms with van der Waals surface area (Å²) in [6, 6.07) is 3.30. The second kappa shape index (κ2) is 7.14. The number of furan rings is 1. The topological polar surface area (TPSA) is 92.9 Å². The Hall–Kier alpha value is -2.19. The molecule has 0 aliphatic carbocycles. The predicted molar refractivity (Wildman–Crippen MR) is 86.8 cm³/mol. The molecule has 8 heteroatoms. The zero-order valence-electron chi connectivity index (χ0n) is 13.2. The number of carbonyl (C=O) groups is 2. The summed E-state index contributed by atoms with van der Waals surface area (Å²) in [4.78, 5) is 29.5. The van der Waals surface area contributed by atoms with Crippen molar-refractivity contribution in [3.05, 3.63) is 29.0 Å². The molecular formula is C16H18N2O5S. The Balaban J connectivity index is 1.67. The van der Waals surface area contributed by atoms with Gasteiger partial charge in [-0.2, -0.15) is 0 Å². The summed E-state index contributed by atoms with van der Waals surface area (Å²) in [5, 5.41) is 11.5. The first-order chi connectivity index (χ1) is 11.5. The molecule has 1 atom stereocenters. The maximum absolute atomic E-state index is 12.5. The molecule has 1 N–H and O–H groups in total. The van der Waals surface area contributed by atoms with Crippen LogP contribution >= 0.6 is 11.3 Å². The number of aromatic nitrogens is 1. The normalized spacial score (nSPS) is 17.9. The maximum atomic E-state index is 12.5. The number of rotatable bonds is 5. The largest absolute Gasteiger partial charge is 0.481 e. The maximum Gasteiger partial charge on any atom is 0.305 e. The third kappa shape index (κ3) is 3.82. The Morgan fingerprint density at radius 3 is 3.00 bits per heavy atom. The van der Waals surface area contributed by atoms with Gasteiger partial charge in [0.05, 0.1) is 37.8 Å². The molecular weight excluding hydrogens is 332 g/mol. The number of amides is 1. The molecule has 1 unspecified atom stereocenters. The highest BCUT2D eigenvalue weighted by Gasteiger charge is 2.29. The fourth-order valence-corrected chi connectivity index (χ4v) is 3.44. The van der Waals surface area contributed by atoms with Crippen molar-refractivity contribution in [3.63, 3.8) is 0 Å². The van der Waals surface area contributed by atoms with Crippen molar-refractivity contribution in [2.24, 2.45) is 0 Å². The van der Waals surface area contributed by atoms with Gasteiger partial charge >= 0.3 is 5.97 Å². The number of aliphatic carboxylic acids is 1. The van der Waals surface area contributed by atoms with E-state index in [0.29, 0.717) is 24.6 Å². The van der Waals surface area contributed by atoms with Crippen molar-refractivity contribution in [1.82, 2.24) is 9.88 Å². The van der Waals surface area contributed by atoms with Gasteiger partial charge in [0.2, 0.25) is 5.91 Å². The molecule has 1 saturated heterocycles. The van der Waals surface area contributed by atoms with Crippen LogP contribution in [-0.4, -0.2) is 52.7 Å². The van der Waals surface area contributed by atoms with E-state index in [1.807, 2.05) is 24.4 Å². The zero-order valence-corrected chi connectivity index (χ0v) is 14.0. The van der Waals surface area contributed by atoms with Crippen LogP contribution in [-0.2, 0) is 20.7 Å². The molecule has 7 nitrogen and oxygen atoms in total. The number of carbonyl (C=O) groups excluding carboxylic acids is 1. The van der Waals surface area contributed by atoms with Crippen LogP contribution in [0, 0.1) is 6.92 Å². The SMILES string of the molecule is Cc1ccc(-c2nc(CC(=O)N3CCOCC3CC(=O)O)cs2)o1. The average molecular weight is 350 g/mol. The van der Waals surface area contributed by atoms with Gasteiger partial charge < -0.3 is 19.2 Å². The van der Waals surface area contributed by atoms with E-state index in [4.69, 9.17) is 14.3 Å². The summed E-state index contributed by atoms with van der Waals surface area (Å²) in [7, 11) is 0. The number of nitrogens with zero attached hydrogens (tertiary/aromatic N) is 2. The van der Waals surface area contributed by atoms with Crippen molar-refractivity contribution in [1.29, 1.82) is 0 Å². The summed E-state index contributed by atoms with van der Waals surface area (Å²) in [6.07, 6.45) is 0.0338. The number of morpholine rings is 1. The Morgan fingerprint density at radius 1 is 1.46 bits per heavy atom. The van der Waals surface area contributed by atoms with Crippen LogP contribution in [0.15, 0.2) is 21.9 Å². The van der Waals surface area contributed by atoms with Gasteiger partial charge in [-0.15, -0.1) is 11.3 Å². The fraction of sp³-hybridized carbons (Fsp3) is 0.438. The highest BCUT2D eigenvalue weighted by molar-refractivity contribution is 7.13. The first-order valence-electron chi connectivity index (χ1n) is 7.63. The second-order valence-electron chi connectivity index (χ2n) is 5.64. The molecule has 0 radical (unpaired) electrons. The van der Waals surface area contributed by atoms with Gasteiger partial charge in [0.1, 0.15) is 5.76 Å². The first kappa shape index (κ1) is 16.7. The molecule has 1 fully saturated rings. The molecule has 128 valence electrons. The molecule has 0 bridgehead atoms. The number of ether oxygens (including phenoxy) is 1. The Kier molecular flexibility index (Phi) is 4.96. The fourth-order valence-electron chi connectivity index (χ4n) is 2.66. The molecule has 1 aliphatic heterocycles. The summed E-state index contributed by atoms with van der Waals surface area (Å²) < 4.78 is 10.8. The van der Waals surface area contributed by atoms with Gasteiger partial charge in [0, 0.05) is 11.9 Å². The number of aryl methyl sites for hydroxylation is 1. The molecule has 2 aromatic heterocycles. The molecule has 3 rings (SSSR count). The Bertz CT molecular complexity index is 738. The minimum absolute atomic E-state index is 0.111. The van der Waals surface area contributed by atoms with Crippen LogP contribution in [0.1, 0.15) is 17.9 Å². The van der Waals surface area contributed by atoms with Crippen molar-refractivity contribution in [2.45, 2.75) is 25.8 Å². The van der Waals surface area contributed by atoms with E-state index >= 15 is 0 Å². The lowest BCUT2D eigenvalue weighted by Crippen LogP contribution is -2.50. The van der Waals surface area contributed by atoms with E-state index in [9.17, 15) is 9.59 Å². The number of carboxylic acid groups (broad SMARTS) is 1. The van der Waals surface area contributed by atoms with E-state index < -0.39 is 12.0 Å². The van der Waals surface area contributed by atoms with Crippen molar-refractivity contribution >= 4 is 23.2 Å². The first-order valence-corrected chi connectivity index (χ1v) is 8.51. The van der Waals surface area contributed by atoms with Crippen molar-refractivity contribution in [3.8, 4) is 10.8 Å². The molecule has 2 aromatic rings. The highest BCUT2D eigenvalue weighted by atomic mass is 32.1. The van der Waals surface area contributed by atoms with E-state index in [2.05, 4.69) is 4.98 Å². The molecule has 3 heterocycles. The van der Waals surface area contributed by atoms with Crippen LogP contribution in [0.25, 0.3) is 10.8 Å². The lowest BCUT2D eigenvalue weighted by Gasteiger charge is -2.34. The standard InChI is InChI=1S/C16H18N2O5S/c1-10-2-3-13(23-10)16-17-11(9-24-16)6-14(19)18-4-5-22-8-12(18)7-15(20)21/h2-3,9,12H,4-8H2,1H3,(H,20,21). The molecule has 1 amide bonds. The number of carboxylic acids is 1. The quantitative estimate of drug-likeness (QED) is 0.886. The smallest absolute Gasteiger partial charge is 0.305 e. The van der Waals surface area contributed by atoms with Gasteiger partial charge in [-0.1, -0.05) is 0 Å². The third-order valence-electron chi connectivity index (χ3n) is 3.79. The van der Waals surface area contributed by atoms with Crippen LogP contribution in [0.2, 0.25) is 0 Å². The van der Waals surface area contributed by atoms with Crippen molar-refractivity contribution in [2.75, 3.05) is 19.8 Å². The molecule has 1 aliphatic rings. The van der Waals surface area contributed by atoms with Gasteiger partial charge in [-0.05, 0) is 19.1 Å². The summed E-state index contributed by atoms with van der Waals surface area (Å²) >= 11 is 1.42. The second-order valence-corrected chi connectivity index (χ2v) is 6.50. The number of thiazole rings is 1. The number of hydrogen-bond acceptors (Lipinski definition) is 6. The van der Waals surface area contributed by atoms with E-state index in [1.54, 1.807) is 4.90 Å². The van der Waals surface area contributed by atoms with Crippen LogP contribution < -0.4 is 0 Å². The lowest BCUT2D eigenvalue weighted by molar-refractivity contribution is -0.145. The van der Waals surface area contributed by atoms with Crippen LogP contribution in [0.5, 0.6) is 0 Å². The Morgan fingerprint density at radius 2 is 2.29 bits per heavy atom. The van der Waals surface area contributed by atoms with Crippen molar-refractivity contribution < 1.29 is 23.8 Å². The molecule has 24 heavy (non-hydrogen) atoms. The monoisotopic (exact) mass is 350 g/mol. The van der Waals surface area contributed by atoms with E-state index in [-0.39, 0.29) is 25.4 Å². The minimum Gasteiger partial charge on any atom is -0.481 e.